The predicted octanol–water partition coefficient (Wildman–Crippen LogP) is 3.81. The van der Waals surface area contributed by atoms with Crippen LogP contribution in [0.5, 0.6) is 0 Å². The monoisotopic (exact) mass is 360 g/mol. The molecular formula is C18H17BrO3. The second-order valence-corrected chi connectivity index (χ2v) is 6.23. The molecule has 22 heavy (non-hydrogen) atoms. The molecule has 0 N–H and O–H groups in total. The second-order valence-electron chi connectivity index (χ2n) is 4.88. The number of hydrogen-bond donors (Lipinski definition) is 0. The van der Waals surface area contributed by atoms with Crippen molar-refractivity contribution in [2.24, 2.45) is 0 Å². The van der Waals surface area contributed by atoms with Crippen molar-refractivity contribution in [2.45, 2.75) is 17.7 Å². The van der Waals surface area contributed by atoms with Gasteiger partial charge in [-0.05, 0) is 12.5 Å². The second kappa shape index (κ2) is 7.36. The third-order valence-corrected chi connectivity index (χ3v) is 4.25. The summed E-state index contributed by atoms with van der Waals surface area (Å²) >= 11 is 3.37. The zero-order valence-electron chi connectivity index (χ0n) is 12.3. The lowest BCUT2D eigenvalue weighted by molar-refractivity contribution is -0.144. The van der Waals surface area contributed by atoms with E-state index >= 15 is 0 Å². The first-order valence-electron chi connectivity index (χ1n) is 7.08. The Morgan fingerprint density at radius 2 is 1.55 bits per heavy atom. The van der Waals surface area contributed by atoms with E-state index in [2.05, 4.69) is 15.9 Å². The molecule has 0 saturated carbocycles. The fraction of sp³-hybridized carbons (Fsp3) is 0.222. The lowest BCUT2D eigenvalue weighted by Gasteiger charge is -2.24. The van der Waals surface area contributed by atoms with Gasteiger partial charge in [0, 0.05) is 12.0 Å². The highest BCUT2D eigenvalue weighted by molar-refractivity contribution is 9.10. The highest BCUT2D eigenvalue weighted by Crippen LogP contribution is 2.30. The van der Waals surface area contributed by atoms with Crippen molar-refractivity contribution in [1.82, 2.24) is 0 Å². The van der Waals surface area contributed by atoms with Crippen molar-refractivity contribution < 1.29 is 14.3 Å². The molecule has 114 valence electrons. The molecule has 1 atom stereocenters. The maximum Gasteiger partial charge on any atom is 0.331 e. The number of hydrogen-bond acceptors (Lipinski definition) is 3. The van der Waals surface area contributed by atoms with Crippen molar-refractivity contribution >= 4 is 27.7 Å². The quantitative estimate of drug-likeness (QED) is 0.340. The number of benzene rings is 2. The van der Waals surface area contributed by atoms with Crippen molar-refractivity contribution in [1.29, 1.82) is 0 Å². The van der Waals surface area contributed by atoms with Crippen molar-refractivity contribution in [3.8, 4) is 0 Å². The zero-order chi connectivity index (χ0) is 16.0. The minimum absolute atomic E-state index is 0.225. The van der Waals surface area contributed by atoms with E-state index in [9.17, 15) is 9.59 Å². The maximum absolute atomic E-state index is 12.8. The van der Waals surface area contributed by atoms with E-state index in [-0.39, 0.29) is 18.8 Å². The Morgan fingerprint density at radius 1 is 1.00 bits per heavy atom. The largest absolute Gasteiger partial charge is 0.465 e. The Balaban J connectivity index is 2.37. The number of esters is 1. The molecule has 0 aliphatic heterocycles. The van der Waals surface area contributed by atoms with Crippen LogP contribution in [0.4, 0.5) is 0 Å². The molecule has 4 heteroatoms. The summed E-state index contributed by atoms with van der Waals surface area (Å²) in [4.78, 5) is 25.2. The van der Waals surface area contributed by atoms with Crippen LogP contribution < -0.4 is 0 Å². The summed E-state index contributed by atoms with van der Waals surface area (Å²) in [5.74, 6) is -0.858. The Bertz CT molecular complexity index is 640. The Hall–Kier alpha value is -1.94. The van der Waals surface area contributed by atoms with Gasteiger partial charge in [0.25, 0.3) is 0 Å². The van der Waals surface area contributed by atoms with E-state index in [4.69, 9.17) is 4.74 Å². The van der Waals surface area contributed by atoms with Gasteiger partial charge >= 0.3 is 5.97 Å². The molecule has 0 heterocycles. The molecule has 0 saturated heterocycles. The fourth-order valence-electron chi connectivity index (χ4n) is 2.19. The molecule has 1 unspecified atom stereocenters. The Labute approximate surface area is 138 Å². The molecule has 2 aromatic carbocycles. The molecular weight excluding hydrogens is 344 g/mol. The molecule has 0 bridgehead atoms. The molecule has 0 radical (unpaired) electrons. The number of ketones is 1. The summed E-state index contributed by atoms with van der Waals surface area (Å²) in [5.41, 5.74) is 1.36. The molecule has 0 fully saturated rings. The summed E-state index contributed by atoms with van der Waals surface area (Å²) in [6.07, 6.45) is 0.237. The predicted molar refractivity (Wildman–Crippen MR) is 89.2 cm³/mol. The first-order chi connectivity index (χ1) is 10.6. The van der Waals surface area contributed by atoms with Gasteiger partial charge in [-0.15, -0.1) is 0 Å². The number of halogens is 1. The third-order valence-electron chi connectivity index (χ3n) is 3.29. The van der Waals surface area contributed by atoms with Gasteiger partial charge in [-0.2, -0.15) is 0 Å². The van der Waals surface area contributed by atoms with E-state index in [0.717, 1.165) is 5.56 Å². The average molecular weight is 361 g/mol. The van der Waals surface area contributed by atoms with Crippen LogP contribution in [0.2, 0.25) is 0 Å². The van der Waals surface area contributed by atoms with Crippen LogP contribution in [0.1, 0.15) is 22.8 Å². The highest BCUT2D eigenvalue weighted by atomic mass is 79.9. The zero-order valence-corrected chi connectivity index (χ0v) is 13.9. The standard InChI is InChI=1S/C18H17BrO3/c1-2-22-17(21)18(19,13-14-9-5-3-6-10-14)16(20)15-11-7-4-8-12-15/h3-12H,2,13H2,1H3. The SMILES string of the molecule is CCOC(=O)C(Br)(Cc1ccccc1)C(=O)c1ccccc1. The molecule has 0 amide bonds. The van der Waals surface area contributed by atoms with E-state index in [1.807, 2.05) is 36.4 Å². The van der Waals surface area contributed by atoms with Crippen LogP contribution >= 0.6 is 15.9 Å². The van der Waals surface area contributed by atoms with Crippen LogP contribution in [0.3, 0.4) is 0 Å². The van der Waals surface area contributed by atoms with Gasteiger partial charge in [-0.25, -0.2) is 0 Å². The summed E-state index contributed by atoms with van der Waals surface area (Å²) < 4.78 is 3.70. The lowest BCUT2D eigenvalue weighted by Crippen LogP contribution is -2.44. The maximum atomic E-state index is 12.8. The van der Waals surface area contributed by atoms with Crippen LogP contribution in [0.25, 0.3) is 0 Å². The van der Waals surface area contributed by atoms with Crippen LogP contribution in [-0.4, -0.2) is 22.7 Å². The molecule has 0 aromatic heterocycles. The number of carbonyl (C=O) groups excluding carboxylic acids is 2. The fourth-order valence-corrected chi connectivity index (χ4v) is 2.85. The van der Waals surface area contributed by atoms with Crippen LogP contribution in [0, 0.1) is 0 Å². The van der Waals surface area contributed by atoms with Gasteiger partial charge in [0.15, 0.2) is 10.1 Å². The van der Waals surface area contributed by atoms with Crippen LogP contribution in [-0.2, 0) is 16.0 Å². The van der Waals surface area contributed by atoms with E-state index in [0.29, 0.717) is 5.56 Å². The molecule has 0 aliphatic carbocycles. The first-order valence-corrected chi connectivity index (χ1v) is 7.87. The highest BCUT2D eigenvalue weighted by Gasteiger charge is 2.45. The van der Waals surface area contributed by atoms with Crippen molar-refractivity contribution in [3.05, 3.63) is 71.8 Å². The van der Waals surface area contributed by atoms with Crippen molar-refractivity contribution in [2.75, 3.05) is 6.61 Å². The Kier molecular flexibility index (Phi) is 5.50. The van der Waals surface area contributed by atoms with E-state index in [1.54, 1.807) is 31.2 Å². The smallest absolute Gasteiger partial charge is 0.331 e. The van der Waals surface area contributed by atoms with E-state index < -0.39 is 10.3 Å². The number of ether oxygens (including phenoxy) is 1. The van der Waals surface area contributed by atoms with Crippen molar-refractivity contribution in [3.63, 3.8) is 0 Å². The first kappa shape index (κ1) is 16.4. The summed E-state index contributed by atoms with van der Waals surface area (Å²) in [6.45, 7) is 1.95. The normalized spacial score (nSPS) is 13.2. The van der Waals surface area contributed by atoms with Gasteiger partial charge in [-0.1, -0.05) is 76.6 Å². The third kappa shape index (κ3) is 3.63. The van der Waals surface area contributed by atoms with Gasteiger partial charge in [0.05, 0.1) is 6.61 Å². The van der Waals surface area contributed by atoms with Gasteiger partial charge < -0.3 is 4.74 Å². The van der Waals surface area contributed by atoms with Crippen LogP contribution in [0.15, 0.2) is 60.7 Å². The number of Topliss-reactive ketones (excluding diaryl/α,β-unsaturated/α-hetero) is 1. The molecule has 2 aromatic rings. The van der Waals surface area contributed by atoms with E-state index in [1.165, 1.54) is 0 Å². The van der Waals surface area contributed by atoms with Gasteiger partial charge in [-0.3, -0.25) is 9.59 Å². The topological polar surface area (TPSA) is 43.4 Å². The number of carbonyl (C=O) groups is 2. The Morgan fingerprint density at radius 3 is 2.09 bits per heavy atom. The average Bonchev–Trinajstić information content (AvgIpc) is 2.56. The number of rotatable bonds is 6. The minimum atomic E-state index is -1.41. The molecule has 0 spiro atoms. The van der Waals surface area contributed by atoms with Gasteiger partial charge in [0.2, 0.25) is 0 Å². The number of alkyl halides is 1. The molecule has 0 aliphatic rings. The summed E-state index contributed by atoms with van der Waals surface area (Å²) in [6, 6.07) is 18.2. The molecule has 2 rings (SSSR count). The summed E-state index contributed by atoms with van der Waals surface area (Å²) in [7, 11) is 0. The molecule has 3 nitrogen and oxygen atoms in total. The lowest BCUT2D eigenvalue weighted by atomic mass is 9.91. The summed E-state index contributed by atoms with van der Waals surface area (Å²) in [5, 5.41) is 0. The van der Waals surface area contributed by atoms with Gasteiger partial charge in [0.1, 0.15) is 0 Å². The minimum Gasteiger partial charge on any atom is -0.465 e.